The summed E-state index contributed by atoms with van der Waals surface area (Å²) in [6, 6.07) is 0. The lowest BCUT2D eigenvalue weighted by Gasteiger charge is -2.18. The quantitative estimate of drug-likeness (QED) is 0.0261. The van der Waals surface area contributed by atoms with Crippen LogP contribution in [0.3, 0.4) is 0 Å². The fourth-order valence-electron chi connectivity index (χ4n) is 9.40. The molecule has 0 bridgehead atoms. The molecule has 444 valence electrons. The van der Waals surface area contributed by atoms with Crippen LogP contribution in [0.25, 0.3) is 0 Å². The maximum absolute atomic E-state index is 12.9. The molecular formula is C71H124O6. The van der Waals surface area contributed by atoms with Crippen molar-refractivity contribution in [2.45, 2.75) is 335 Å². The Kier molecular flexibility index (Phi) is 62.2. The molecule has 0 aliphatic heterocycles. The van der Waals surface area contributed by atoms with Crippen molar-refractivity contribution in [1.82, 2.24) is 0 Å². The molecule has 1 atom stereocenters. The normalized spacial score (nSPS) is 12.6. The summed E-state index contributed by atoms with van der Waals surface area (Å²) >= 11 is 0. The summed E-state index contributed by atoms with van der Waals surface area (Å²) in [6.07, 6.45) is 85.9. The van der Waals surface area contributed by atoms with Crippen molar-refractivity contribution in [3.63, 3.8) is 0 Å². The molecule has 0 saturated heterocycles. The van der Waals surface area contributed by atoms with Crippen molar-refractivity contribution in [2.24, 2.45) is 0 Å². The highest BCUT2D eigenvalue weighted by Gasteiger charge is 2.19. The number of ether oxygens (including phenoxy) is 3. The van der Waals surface area contributed by atoms with E-state index in [1.165, 1.54) is 180 Å². The Morgan fingerprint density at radius 2 is 0.506 bits per heavy atom. The average Bonchev–Trinajstić information content (AvgIpc) is 3.43. The van der Waals surface area contributed by atoms with E-state index in [2.05, 4.69) is 106 Å². The lowest BCUT2D eigenvalue weighted by Crippen LogP contribution is -2.30. The molecule has 0 aliphatic rings. The van der Waals surface area contributed by atoms with Gasteiger partial charge in [-0.1, -0.05) is 279 Å². The molecule has 0 aromatic carbocycles. The second kappa shape index (κ2) is 65.1. The lowest BCUT2D eigenvalue weighted by atomic mass is 10.0. The van der Waals surface area contributed by atoms with Crippen LogP contribution in [-0.2, 0) is 28.6 Å². The number of allylic oxidation sites excluding steroid dienone is 14. The number of rotatable bonds is 60. The van der Waals surface area contributed by atoms with E-state index in [1.54, 1.807) is 0 Å². The Morgan fingerprint density at radius 1 is 0.273 bits per heavy atom. The van der Waals surface area contributed by atoms with Crippen molar-refractivity contribution in [3.8, 4) is 0 Å². The van der Waals surface area contributed by atoms with Gasteiger partial charge >= 0.3 is 17.9 Å². The number of hydrogen-bond acceptors (Lipinski definition) is 6. The van der Waals surface area contributed by atoms with Crippen LogP contribution in [0.15, 0.2) is 85.1 Å². The van der Waals surface area contributed by atoms with Crippen LogP contribution < -0.4 is 0 Å². The maximum atomic E-state index is 12.9. The zero-order valence-electron chi connectivity index (χ0n) is 51.0. The van der Waals surface area contributed by atoms with Crippen LogP contribution in [0.1, 0.15) is 329 Å². The standard InChI is InChI=1S/C71H124O6/c1-4-7-10-13-16-19-22-25-28-30-32-34-35-37-38-40-43-46-49-52-55-58-61-64-70(73)76-67-68(66-75-69(72)63-60-57-54-51-48-45-42-27-24-21-18-15-12-9-6-3)77-71(74)65-62-59-56-53-50-47-44-41-39-36-33-31-29-26-23-20-17-14-11-8-5-2/h8,11,17-18,20-21,26-27,29-30,32-33,36,42,68H,4-7,9-10,12-16,19,22-25,28,31,34-35,37-41,43-67H2,1-3H3/b11-8-,20-17-,21-18-,29-26-,32-30-,36-33-,42-27-. The number of unbranched alkanes of at least 4 members (excludes halogenated alkanes) is 35. The molecular weight excluding hydrogens is 949 g/mol. The second-order valence-electron chi connectivity index (χ2n) is 22.0. The molecule has 0 aliphatic carbocycles. The third kappa shape index (κ3) is 63.3. The molecule has 0 aromatic rings. The molecule has 6 nitrogen and oxygen atoms in total. The van der Waals surface area contributed by atoms with Crippen molar-refractivity contribution < 1.29 is 28.6 Å². The molecule has 6 heteroatoms. The van der Waals surface area contributed by atoms with E-state index in [1.807, 2.05) is 0 Å². The minimum Gasteiger partial charge on any atom is -0.462 e. The van der Waals surface area contributed by atoms with Crippen molar-refractivity contribution in [3.05, 3.63) is 85.1 Å². The van der Waals surface area contributed by atoms with Gasteiger partial charge in [-0.15, -0.1) is 0 Å². The summed E-state index contributed by atoms with van der Waals surface area (Å²) in [6.45, 7) is 6.52. The van der Waals surface area contributed by atoms with E-state index in [-0.39, 0.29) is 31.1 Å². The largest absolute Gasteiger partial charge is 0.462 e. The number of esters is 3. The number of carbonyl (C=O) groups excluding carboxylic acids is 3. The highest BCUT2D eigenvalue weighted by atomic mass is 16.6. The second-order valence-corrected chi connectivity index (χ2v) is 22.0. The Morgan fingerprint density at radius 3 is 0.831 bits per heavy atom. The molecule has 1 unspecified atom stereocenters. The van der Waals surface area contributed by atoms with Gasteiger partial charge in [-0.2, -0.15) is 0 Å². The van der Waals surface area contributed by atoms with Crippen molar-refractivity contribution in [2.75, 3.05) is 13.2 Å². The first-order valence-corrected chi connectivity index (χ1v) is 33.1. The van der Waals surface area contributed by atoms with Crippen LogP contribution >= 0.6 is 0 Å². The van der Waals surface area contributed by atoms with Crippen molar-refractivity contribution in [1.29, 1.82) is 0 Å². The van der Waals surface area contributed by atoms with E-state index < -0.39 is 6.10 Å². The molecule has 0 fully saturated rings. The highest BCUT2D eigenvalue weighted by molar-refractivity contribution is 5.71. The van der Waals surface area contributed by atoms with Gasteiger partial charge in [0.15, 0.2) is 6.10 Å². The van der Waals surface area contributed by atoms with Gasteiger partial charge in [-0.3, -0.25) is 14.4 Å². The van der Waals surface area contributed by atoms with E-state index >= 15 is 0 Å². The summed E-state index contributed by atoms with van der Waals surface area (Å²) in [5.41, 5.74) is 0. The molecule has 0 heterocycles. The van der Waals surface area contributed by atoms with E-state index in [0.717, 1.165) is 109 Å². The van der Waals surface area contributed by atoms with Gasteiger partial charge in [0, 0.05) is 19.3 Å². The van der Waals surface area contributed by atoms with Gasteiger partial charge in [0.2, 0.25) is 0 Å². The summed E-state index contributed by atoms with van der Waals surface area (Å²) in [5, 5.41) is 0. The third-order valence-electron chi connectivity index (χ3n) is 14.4. The minimum atomic E-state index is -0.789. The predicted octanol–water partition coefficient (Wildman–Crippen LogP) is 22.7. The van der Waals surface area contributed by atoms with Crippen LogP contribution in [-0.4, -0.2) is 37.2 Å². The van der Waals surface area contributed by atoms with E-state index in [0.29, 0.717) is 19.3 Å². The fraction of sp³-hybridized carbons (Fsp3) is 0.761. The van der Waals surface area contributed by atoms with Gasteiger partial charge < -0.3 is 14.2 Å². The Balaban J connectivity index is 4.36. The number of hydrogen-bond donors (Lipinski definition) is 0. The summed E-state index contributed by atoms with van der Waals surface area (Å²) in [7, 11) is 0. The highest BCUT2D eigenvalue weighted by Crippen LogP contribution is 2.16. The minimum absolute atomic E-state index is 0.0834. The Hall–Kier alpha value is -3.41. The van der Waals surface area contributed by atoms with Crippen LogP contribution in [0.2, 0.25) is 0 Å². The SMILES string of the molecule is CC/C=C\C/C=C\C/C=C\C/C=C\CCCCCCCCCCC(=O)OC(COC(=O)CCCCCCC/C=C\C/C=C\CCCCC)COC(=O)CCCCCCCCCCCCC/C=C\CCCCCCCCCC. The van der Waals surface area contributed by atoms with Gasteiger partial charge in [0.05, 0.1) is 0 Å². The molecule has 77 heavy (non-hydrogen) atoms. The van der Waals surface area contributed by atoms with Gasteiger partial charge in [-0.05, 0) is 116 Å². The lowest BCUT2D eigenvalue weighted by molar-refractivity contribution is -0.167. The molecule has 0 N–H and O–H groups in total. The van der Waals surface area contributed by atoms with E-state index in [4.69, 9.17) is 14.2 Å². The zero-order chi connectivity index (χ0) is 55.7. The third-order valence-corrected chi connectivity index (χ3v) is 14.4. The molecule has 0 rings (SSSR count). The monoisotopic (exact) mass is 1070 g/mol. The predicted molar refractivity (Wildman–Crippen MR) is 334 cm³/mol. The van der Waals surface area contributed by atoms with Crippen molar-refractivity contribution >= 4 is 17.9 Å². The summed E-state index contributed by atoms with van der Waals surface area (Å²) in [5.74, 6) is -0.893. The Bertz CT molecular complexity index is 1470. The molecule has 0 radical (unpaired) electrons. The zero-order valence-corrected chi connectivity index (χ0v) is 51.0. The van der Waals surface area contributed by atoms with Crippen LogP contribution in [0.4, 0.5) is 0 Å². The molecule has 0 amide bonds. The van der Waals surface area contributed by atoms with Gasteiger partial charge in [0.25, 0.3) is 0 Å². The van der Waals surface area contributed by atoms with Gasteiger partial charge in [0.1, 0.15) is 13.2 Å². The summed E-state index contributed by atoms with van der Waals surface area (Å²) in [4.78, 5) is 38.4. The van der Waals surface area contributed by atoms with Crippen LogP contribution in [0, 0.1) is 0 Å². The fourth-order valence-corrected chi connectivity index (χ4v) is 9.40. The maximum Gasteiger partial charge on any atom is 0.306 e. The summed E-state index contributed by atoms with van der Waals surface area (Å²) < 4.78 is 16.9. The first-order chi connectivity index (χ1) is 38.0. The molecule has 0 aromatic heterocycles. The molecule has 0 spiro atoms. The van der Waals surface area contributed by atoms with Gasteiger partial charge in [-0.25, -0.2) is 0 Å². The molecule has 0 saturated carbocycles. The first-order valence-electron chi connectivity index (χ1n) is 33.1. The average molecular weight is 1070 g/mol. The topological polar surface area (TPSA) is 78.9 Å². The number of carbonyl (C=O) groups is 3. The Labute approximate surface area is 477 Å². The smallest absolute Gasteiger partial charge is 0.306 e. The first kappa shape index (κ1) is 73.6. The van der Waals surface area contributed by atoms with Crippen LogP contribution in [0.5, 0.6) is 0 Å². The van der Waals surface area contributed by atoms with E-state index in [9.17, 15) is 14.4 Å².